The smallest absolute Gasteiger partial charge is 0.122 e. The quantitative estimate of drug-likeness (QED) is 0.746. The molecule has 0 amide bonds. The molecule has 0 aromatic carbocycles. The molecule has 0 radical (unpaired) electrons. The SMILES string of the molecule is CNCc1ccoc1CN(CCOC)C1CC1. The highest BCUT2D eigenvalue weighted by Crippen LogP contribution is 2.28. The summed E-state index contributed by atoms with van der Waals surface area (Å²) in [6, 6.07) is 2.78. The van der Waals surface area contributed by atoms with E-state index in [1.54, 1.807) is 13.4 Å². The van der Waals surface area contributed by atoms with Gasteiger partial charge in [-0.25, -0.2) is 0 Å². The molecule has 1 aromatic heterocycles. The predicted octanol–water partition coefficient (Wildman–Crippen LogP) is 1.61. The zero-order chi connectivity index (χ0) is 12.1. The fourth-order valence-corrected chi connectivity index (χ4v) is 2.08. The van der Waals surface area contributed by atoms with Crippen molar-refractivity contribution >= 4 is 0 Å². The number of ether oxygens (including phenoxy) is 1. The molecular formula is C13H22N2O2. The van der Waals surface area contributed by atoms with Gasteiger partial charge in [-0.15, -0.1) is 0 Å². The lowest BCUT2D eigenvalue weighted by molar-refractivity contribution is 0.134. The maximum absolute atomic E-state index is 5.58. The third kappa shape index (κ3) is 3.56. The molecule has 0 spiro atoms. The molecule has 1 aromatic rings. The Morgan fingerprint density at radius 3 is 3.00 bits per heavy atom. The van der Waals surface area contributed by atoms with Gasteiger partial charge in [-0.2, -0.15) is 0 Å². The van der Waals surface area contributed by atoms with Crippen molar-refractivity contribution in [1.82, 2.24) is 10.2 Å². The van der Waals surface area contributed by atoms with Crippen LogP contribution in [0.25, 0.3) is 0 Å². The molecule has 0 unspecified atom stereocenters. The lowest BCUT2D eigenvalue weighted by atomic mass is 10.2. The summed E-state index contributed by atoms with van der Waals surface area (Å²) in [5, 5.41) is 3.17. The van der Waals surface area contributed by atoms with Crippen molar-refractivity contribution in [3.05, 3.63) is 23.7 Å². The van der Waals surface area contributed by atoms with E-state index in [1.807, 2.05) is 13.1 Å². The fraction of sp³-hybridized carbons (Fsp3) is 0.692. The van der Waals surface area contributed by atoms with Crippen LogP contribution in [0.1, 0.15) is 24.2 Å². The summed E-state index contributed by atoms with van der Waals surface area (Å²) in [6.07, 6.45) is 4.40. The highest BCUT2D eigenvalue weighted by Gasteiger charge is 2.29. The lowest BCUT2D eigenvalue weighted by Gasteiger charge is -2.20. The third-order valence-corrected chi connectivity index (χ3v) is 3.20. The molecule has 4 heteroatoms. The van der Waals surface area contributed by atoms with Crippen LogP contribution in [-0.4, -0.2) is 38.3 Å². The molecule has 0 atom stereocenters. The van der Waals surface area contributed by atoms with E-state index in [2.05, 4.69) is 10.2 Å². The van der Waals surface area contributed by atoms with Crippen molar-refractivity contribution in [2.45, 2.75) is 32.0 Å². The average molecular weight is 238 g/mol. The second-order valence-electron chi connectivity index (χ2n) is 4.59. The first kappa shape index (κ1) is 12.6. The first-order valence-corrected chi connectivity index (χ1v) is 6.28. The number of furan rings is 1. The van der Waals surface area contributed by atoms with Crippen molar-refractivity contribution in [2.75, 3.05) is 27.3 Å². The summed E-state index contributed by atoms with van der Waals surface area (Å²) in [5.74, 6) is 1.09. The average Bonchev–Trinajstić information content (AvgIpc) is 3.08. The molecule has 0 aliphatic heterocycles. The minimum absolute atomic E-state index is 0.734. The van der Waals surface area contributed by atoms with Gasteiger partial charge in [0.05, 0.1) is 19.4 Å². The molecule has 1 fully saturated rings. The normalized spacial score (nSPS) is 15.7. The molecule has 96 valence electrons. The molecule has 1 N–H and O–H groups in total. The van der Waals surface area contributed by atoms with Crippen molar-refractivity contribution in [3.8, 4) is 0 Å². The number of methoxy groups -OCH3 is 1. The van der Waals surface area contributed by atoms with E-state index < -0.39 is 0 Å². The Balaban J connectivity index is 1.93. The van der Waals surface area contributed by atoms with Crippen molar-refractivity contribution in [2.24, 2.45) is 0 Å². The van der Waals surface area contributed by atoms with E-state index >= 15 is 0 Å². The summed E-state index contributed by atoms with van der Waals surface area (Å²) in [5.41, 5.74) is 1.26. The zero-order valence-electron chi connectivity index (χ0n) is 10.7. The Labute approximate surface area is 103 Å². The van der Waals surface area contributed by atoms with Crippen LogP contribution in [0, 0.1) is 0 Å². The Morgan fingerprint density at radius 2 is 2.35 bits per heavy atom. The molecular weight excluding hydrogens is 216 g/mol. The Kier molecular flexibility index (Phi) is 4.59. The van der Waals surface area contributed by atoms with Crippen LogP contribution in [0.3, 0.4) is 0 Å². The first-order chi connectivity index (χ1) is 8.35. The Hall–Kier alpha value is -0.840. The molecule has 4 nitrogen and oxygen atoms in total. The van der Waals surface area contributed by atoms with E-state index in [4.69, 9.17) is 9.15 Å². The summed E-state index contributed by atoms with van der Waals surface area (Å²) in [6.45, 7) is 3.55. The van der Waals surface area contributed by atoms with Crippen LogP contribution < -0.4 is 5.32 Å². The van der Waals surface area contributed by atoms with Crippen LogP contribution in [0.2, 0.25) is 0 Å². The molecule has 2 rings (SSSR count). The monoisotopic (exact) mass is 238 g/mol. The second-order valence-corrected chi connectivity index (χ2v) is 4.59. The molecule has 17 heavy (non-hydrogen) atoms. The van der Waals surface area contributed by atoms with Gasteiger partial charge < -0.3 is 14.5 Å². The van der Waals surface area contributed by atoms with E-state index in [-0.39, 0.29) is 0 Å². The minimum atomic E-state index is 0.734. The van der Waals surface area contributed by atoms with E-state index in [0.717, 1.165) is 38.0 Å². The van der Waals surface area contributed by atoms with Crippen LogP contribution in [0.15, 0.2) is 16.7 Å². The number of hydrogen-bond donors (Lipinski definition) is 1. The van der Waals surface area contributed by atoms with Crippen molar-refractivity contribution in [1.29, 1.82) is 0 Å². The largest absolute Gasteiger partial charge is 0.468 e. The molecule has 0 saturated heterocycles. The Bertz CT molecular complexity index is 334. The maximum atomic E-state index is 5.58. The number of nitrogens with one attached hydrogen (secondary N) is 1. The summed E-state index contributed by atoms with van der Waals surface area (Å²) in [7, 11) is 3.71. The van der Waals surface area contributed by atoms with Gasteiger partial charge >= 0.3 is 0 Å². The van der Waals surface area contributed by atoms with Crippen LogP contribution in [0.4, 0.5) is 0 Å². The van der Waals surface area contributed by atoms with Crippen LogP contribution in [0.5, 0.6) is 0 Å². The van der Waals surface area contributed by atoms with Crippen molar-refractivity contribution in [3.63, 3.8) is 0 Å². The van der Waals surface area contributed by atoms with Gasteiger partial charge in [0.25, 0.3) is 0 Å². The lowest BCUT2D eigenvalue weighted by Crippen LogP contribution is -2.29. The highest BCUT2D eigenvalue weighted by atomic mass is 16.5. The molecule has 1 saturated carbocycles. The van der Waals surface area contributed by atoms with Gasteiger partial charge in [0, 0.05) is 31.8 Å². The summed E-state index contributed by atoms with van der Waals surface area (Å²) < 4.78 is 10.7. The number of hydrogen-bond acceptors (Lipinski definition) is 4. The zero-order valence-corrected chi connectivity index (χ0v) is 10.7. The number of rotatable bonds is 8. The van der Waals surface area contributed by atoms with Crippen LogP contribution >= 0.6 is 0 Å². The fourth-order valence-electron chi connectivity index (χ4n) is 2.08. The van der Waals surface area contributed by atoms with Gasteiger partial charge in [-0.1, -0.05) is 0 Å². The second kappa shape index (κ2) is 6.19. The predicted molar refractivity (Wildman–Crippen MR) is 66.8 cm³/mol. The molecule has 1 aliphatic rings. The van der Waals surface area contributed by atoms with Gasteiger partial charge in [-0.3, -0.25) is 4.90 Å². The van der Waals surface area contributed by atoms with E-state index in [0.29, 0.717) is 0 Å². The number of nitrogens with zero attached hydrogens (tertiary/aromatic N) is 1. The van der Waals surface area contributed by atoms with E-state index in [9.17, 15) is 0 Å². The van der Waals surface area contributed by atoms with Gasteiger partial charge in [0.2, 0.25) is 0 Å². The summed E-state index contributed by atoms with van der Waals surface area (Å²) >= 11 is 0. The van der Waals surface area contributed by atoms with Gasteiger partial charge in [-0.05, 0) is 26.0 Å². The molecule has 1 heterocycles. The first-order valence-electron chi connectivity index (χ1n) is 6.28. The maximum Gasteiger partial charge on any atom is 0.122 e. The van der Waals surface area contributed by atoms with Gasteiger partial charge in [0.1, 0.15) is 5.76 Å². The molecule has 0 bridgehead atoms. The standard InChI is InChI=1S/C13H22N2O2/c1-14-9-11-5-7-17-13(11)10-15(6-8-16-2)12-3-4-12/h5,7,12,14H,3-4,6,8-10H2,1-2H3. The molecule has 1 aliphatic carbocycles. The Morgan fingerprint density at radius 1 is 1.53 bits per heavy atom. The van der Waals surface area contributed by atoms with Crippen molar-refractivity contribution < 1.29 is 9.15 Å². The van der Waals surface area contributed by atoms with Crippen LogP contribution in [-0.2, 0) is 17.8 Å². The van der Waals surface area contributed by atoms with E-state index in [1.165, 1.54) is 18.4 Å². The highest BCUT2D eigenvalue weighted by molar-refractivity contribution is 5.17. The third-order valence-electron chi connectivity index (χ3n) is 3.20. The summed E-state index contributed by atoms with van der Waals surface area (Å²) in [4.78, 5) is 2.46. The topological polar surface area (TPSA) is 37.6 Å². The minimum Gasteiger partial charge on any atom is -0.468 e. The van der Waals surface area contributed by atoms with Gasteiger partial charge in [0.15, 0.2) is 0 Å².